The van der Waals surface area contributed by atoms with Crippen molar-refractivity contribution >= 4 is 5.78 Å². The van der Waals surface area contributed by atoms with Crippen molar-refractivity contribution in [1.82, 2.24) is 0 Å². The quantitative estimate of drug-likeness (QED) is 0.454. The second-order valence-corrected chi connectivity index (χ2v) is 14.6. The van der Waals surface area contributed by atoms with Gasteiger partial charge in [-0.3, -0.25) is 4.79 Å². The molecule has 0 spiro atoms. The lowest BCUT2D eigenvalue weighted by molar-refractivity contribution is -0.225. The SMILES string of the molecule is C[C@H]1C(=O)CC[C@@H]2[C@]1(C)CC[C@H]1[C@@]2(C)CC[C@@]2(C)C[C@](C)(C/C=C/C(C)(C)O)CC[C@]12C. The average Bonchev–Trinajstić information content (AvgIpc) is 2.66. The molecule has 4 aliphatic carbocycles. The summed E-state index contributed by atoms with van der Waals surface area (Å²) in [6, 6.07) is 0. The molecule has 0 aliphatic heterocycles. The van der Waals surface area contributed by atoms with Gasteiger partial charge in [0.25, 0.3) is 0 Å². The molecule has 182 valence electrons. The maximum absolute atomic E-state index is 12.7. The van der Waals surface area contributed by atoms with Gasteiger partial charge in [0.1, 0.15) is 5.78 Å². The van der Waals surface area contributed by atoms with Crippen molar-refractivity contribution < 1.29 is 9.90 Å². The largest absolute Gasteiger partial charge is 0.386 e. The number of aliphatic hydroxyl groups is 1. The van der Waals surface area contributed by atoms with Crippen molar-refractivity contribution in [2.75, 3.05) is 0 Å². The molecule has 0 amide bonds. The van der Waals surface area contributed by atoms with E-state index in [0.717, 1.165) is 25.2 Å². The minimum Gasteiger partial charge on any atom is -0.386 e. The Hall–Kier alpha value is -0.630. The monoisotopic (exact) mass is 442 g/mol. The summed E-state index contributed by atoms with van der Waals surface area (Å²) in [5, 5.41) is 10.1. The molecule has 0 bridgehead atoms. The van der Waals surface area contributed by atoms with Crippen molar-refractivity contribution in [2.45, 2.75) is 125 Å². The minimum atomic E-state index is -0.719. The van der Waals surface area contributed by atoms with Crippen LogP contribution in [0.25, 0.3) is 0 Å². The van der Waals surface area contributed by atoms with Crippen LogP contribution >= 0.6 is 0 Å². The molecular formula is C30H50O2. The number of Topliss-reactive ketones (excluding diaryl/α,β-unsaturated/α-hetero) is 1. The van der Waals surface area contributed by atoms with Crippen LogP contribution in [0.1, 0.15) is 120 Å². The molecule has 0 unspecified atom stereocenters. The first-order chi connectivity index (χ1) is 14.6. The summed E-state index contributed by atoms with van der Waals surface area (Å²) in [6.45, 7) is 18.8. The molecule has 0 heterocycles. The molecule has 2 heteroatoms. The van der Waals surface area contributed by atoms with E-state index in [2.05, 4.69) is 47.6 Å². The van der Waals surface area contributed by atoms with Gasteiger partial charge in [0.2, 0.25) is 0 Å². The predicted molar refractivity (Wildman–Crippen MR) is 133 cm³/mol. The third kappa shape index (κ3) is 3.57. The van der Waals surface area contributed by atoms with Crippen molar-refractivity contribution in [3.05, 3.63) is 12.2 Å². The summed E-state index contributed by atoms with van der Waals surface area (Å²) in [7, 11) is 0. The van der Waals surface area contributed by atoms with Gasteiger partial charge in [-0.2, -0.15) is 0 Å². The second kappa shape index (κ2) is 7.43. The maximum atomic E-state index is 12.7. The number of hydrogen-bond acceptors (Lipinski definition) is 2. The van der Waals surface area contributed by atoms with Crippen LogP contribution in [-0.2, 0) is 4.79 Å². The van der Waals surface area contributed by atoms with E-state index < -0.39 is 5.60 Å². The highest BCUT2D eigenvalue weighted by molar-refractivity contribution is 5.82. The smallest absolute Gasteiger partial charge is 0.136 e. The highest BCUT2D eigenvalue weighted by atomic mass is 16.3. The summed E-state index contributed by atoms with van der Waals surface area (Å²) in [4.78, 5) is 12.7. The first kappa shape index (κ1) is 24.5. The van der Waals surface area contributed by atoms with Gasteiger partial charge in [-0.1, -0.05) is 53.7 Å². The number of hydrogen-bond donors (Lipinski definition) is 1. The Kier molecular flexibility index (Phi) is 5.69. The molecule has 0 aromatic heterocycles. The lowest BCUT2D eigenvalue weighted by Crippen LogP contribution is -2.64. The zero-order valence-corrected chi connectivity index (χ0v) is 22.3. The van der Waals surface area contributed by atoms with E-state index >= 15 is 0 Å². The second-order valence-electron chi connectivity index (χ2n) is 14.6. The van der Waals surface area contributed by atoms with Gasteiger partial charge in [0.05, 0.1) is 5.60 Å². The van der Waals surface area contributed by atoms with Crippen LogP contribution in [0, 0.1) is 44.8 Å². The molecule has 4 aliphatic rings. The summed E-state index contributed by atoms with van der Waals surface area (Å²) in [6.07, 6.45) is 16.4. The lowest BCUT2D eigenvalue weighted by Gasteiger charge is -2.72. The average molecular weight is 443 g/mol. The fourth-order valence-electron chi connectivity index (χ4n) is 9.81. The van der Waals surface area contributed by atoms with Crippen LogP contribution < -0.4 is 0 Å². The van der Waals surface area contributed by atoms with E-state index in [-0.39, 0.29) is 11.3 Å². The van der Waals surface area contributed by atoms with Gasteiger partial charge in [-0.15, -0.1) is 0 Å². The van der Waals surface area contributed by atoms with E-state index in [9.17, 15) is 9.90 Å². The van der Waals surface area contributed by atoms with E-state index in [0.29, 0.717) is 33.4 Å². The Balaban J connectivity index is 1.60. The van der Waals surface area contributed by atoms with Crippen LogP contribution in [-0.4, -0.2) is 16.5 Å². The van der Waals surface area contributed by atoms with Crippen molar-refractivity contribution in [1.29, 1.82) is 0 Å². The summed E-state index contributed by atoms with van der Waals surface area (Å²) < 4.78 is 0. The molecule has 1 N–H and O–H groups in total. The number of carbonyl (C=O) groups is 1. The number of rotatable bonds is 3. The van der Waals surface area contributed by atoms with E-state index in [1.165, 1.54) is 44.9 Å². The van der Waals surface area contributed by atoms with Crippen molar-refractivity contribution in [3.8, 4) is 0 Å². The fraction of sp³-hybridized carbons (Fsp3) is 0.900. The first-order valence-corrected chi connectivity index (χ1v) is 13.5. The fourth-order valence-corrected chi connectivity index (χ4v) is 9.81. The van der Waals surface area contributed by atoms with Gasteiger partial charge < -0.3 is 5.11 Å². The number of carbonyl (C=O) groups excluding carboxylic acids is 1. The lowest BCUT2D eigenvalue weighted by atomic mass is 9.33. The van der Waals surface area contributed by atoms with Gasteiger partial charge in [-0.05, 0) is 111 Å². The van der Waals surface area contributed by atoms with Gasteiger partial charge in [0.15, 0.2) is 0 Å². The normalized spacial score (nSPS) is 51.8. The van der Waals surface area contributed by atoms with Crippen LogP contribution in [0.5, 0.6) is 0 Å². The van der Waals surface area contributed by atoms with E-state index in [4.69, 9.17) is 0 Å². The summed E-state index contributed by atoms with van der Waals surface area (Å²) in [5.41, 5.74) is 0.977. The Bertz CT molecular complexity index is 791. The summed E-state index contributed by atoms with van der Waals surface area (Å²) in [5.74, 6) is 2.23. The van der Waals surface area contributed by atoms with Gasteiger partial charge in [0, 0.05) is 12.3 Å². The van der Waals surface area contributed by atoms with Gasteiger partial charge >= 0.3 is 0 Å². The maximum Gasteiger partial charge on any atom is 0.136 e. The highest BCUT2D eigenvalue weighted by Crippen LogP contribution is 2.75. The third-order valence-corrected chi connectivity index (χ3v) is 12.1. The topological polar surface area (TPSA) is 37.3 Å². The molecular weight excluding hydrogens is 392 g/mol. The van der Waals surface area contributed by atoms with Crippen molar-refractivity contribution in [3.63, 3.8) is 0 Å². The molecule has 4 rings (SSSR count). The van der Waals surface area contributed by atoms with Crippen molar-refractivity contribution in [2.24, 2.45) is 44.8 Å². The van der Waals surface area contributed by atoms with Crippen LogP contribution in [0.3, 0.4) is 0 Å². The van der Waals surface area contributed by atoms with Gasteiger partial charge in [-0.25, -0.2) is 0 Å². The highest BCUT2D eigenvalue weighted by Gasteiger charge is 2.67. The first-order valence-electron chi connectivity index (χ1n) is 13.5. The molecule has 32 heavy (non-hydrogen) atoms. The molecule has 4 saturated carbocycles. The Morgan fingerprint density at radius 2 is 1.62 bits per heavy atom. The van der Waals surface area contributed by atoms with Crippen LogP contribution in [0.2, 0.25) is 0 Å². The van der Waals surface area contributed by atoms with E-state index in [1.807, 2.05) is 19.9 Å². The molecule has 2 nitrogen and oxygen atoms in total. The summed E-state index contributed by atoms with van der Waals surface area (Å²) >= 11 is 0. The Labute approximate surface area is 198 Å². The Morgan fingerprint density at radius 3 is 2.28 bits per heavy atom. The van der Waals surface area contributed by atoms with Crippen LogP contribution in [0.4, 0.5) is 0 Å². The third-order valence-electron chi connectivity index (χ3n) is 12.1. The molecule has 0 aromatic carbocycles. The molecule has 4 fully saturated rings. The van der Waals surface area contributed by atoms with E-state index in [1.54, 1.807) is 0 Å². The number of ketones is 1. The zero-order chi connectivity index (χ0) is 23.8. The molecule has 0 radical (unpaired) electrons. The molecule has 0 saturated heterocycles. The zero-order valence-electron chi connectivity index (χ0n) is 22.3. The van der Waals surface area contributed by atoms with Crippen LogP contribution in [0.15, 0.2) is 12.2 Å². The molecule has 0 aromatic rings. The Morgan fingerprint density at radius 1 is 0.938 bits per heavy atom. The molecule has 8 atom stereocenters. The number of fused-ring (bicyclic) bond motifs is 5. The number of allylic oxidation sites excluding steroid dienone is 1. The standard InChI is InChI=1S/C30H50O2/c1-21-22(31)10-11-23-28(21,6)15-12-24-29(23,7)18-17-27(5)20-26(4,16-19-30(24,27)8)14-9-13-25(2,3)32/h9,13,21,23-24,32H,10-12,14-20H2,1-8H3/b13-9+/t21-,23+,24-,26+,27-,28+,29-,30+/m0/s1. The minimum absolute atomic E-state index is 0.204. The predicted octanol–water partition coefficient (Wildman–Crippen LogP) is 7.74.